The normalized spacial score (nSPS) is 11.3. The van der Waals surface area contributed by atoms with E-state index in [1.165, 1.54) is 36.4 Å². The smallest absolute Gasteiger partial charge is 0.338 e. The topological polar surface area (TPSA) is 92.8 Å². The molecule has 0 radical (unpaired) electrons. The molecule has 0 heterocycles. The number of ether oxygens (including phenoxy) is 1. The van der Waals surface area contributed by atoms with Gasteiger partial charge in [-0.25, -0.2) is 13.2 Å². The van der Waals surface area contributed by atoms with Crippen molar-refractivity contribution in [1.29, 1.82) is 0 Å². The summed E-state index contributed by atoms with van der Waals surface area (Å²) in [7, 11) is -3.99. The second-order valence-electron chi connectivity index (χ2n) is 7.56. The molecule has 0 spiro atoms. The highest BCUT2D eigenvalue weighted by Gasteiger charge is 2.27. The number of carbonyl (C=O) groups excluding carboxylic acids is 2. The third-order valence-electron chi connectivity index (χ3n) is 4.89. The molecule has 1 N–H and O–H groups in total. The molecule has 0 aromatic heterocycles. The molecule has 3 rings (SSSR count). The fourth-order valence-corrected chi connectivity index (χ4v) is 4.77. The summed E-state index contributed by atoms with van der Waals surface area (Å²) in [5, 5.41) is 3.09. The number of halogens is 1. The first-order valence-electron chi connectivity index (χ1n) is 10.6. The van der Waals surface area contributed by atoms with Gasteiger partial charge in [-0.15, -0.1) is 0 Å². The number of aryl methyl sites for hydroxylation is 1. The highest BCUT2D eigenvalue weighted by atomic mass is 35.5. The molecule has 3 aromatic rings. The molecule has 7 nitrogen and oxygen atoms in total. The minimum Gasteiger partial charge on any atom is -0.462 e. The number of amides is 1. The van der Waals surface area contributed by atoms with E-state index in [9.17, 15) is 18.0 Å². The molecule has 0 aliphatic carbocycles. The molecule has 0 atom stereocenters. The Balaban J connectivity index is 1.81. The van der Waals surface area contributed by atoms with Crippen molar-refractivity contribution in [2.75, 3.05) is 18.5 Å². The minimum atomic E-state index is -3.99. The van der Waals surface area contributed by atoms with Gasteiger partial charge in [-0.05, 0) is 67.9 Å². The average molecular weight is 501 g/mol. The standard InChI is InChI=1S/C25H25ClN2O5S/c1-3-33-25(30)20-7-11-22(12-8-20)27-24(29)17-28(16-19-6-4-5-18(2)15-19)34(31,32)23-13-9-21(26)10-14-23/h4-15H,3,16-17H2,1-2H3,(H,27,29). The fraction of sp³-hybridized carbons (Fsp3) is 0.200. The number of hydrogen-bond donors (Lipinski definition) is 1. The second-order valence-corrected chi connectivity index (χ2v) is 9.94. The second kappa shape index (κ2) is 11.3. The fourth-order valence-electron chi connectivity index (χ4n) is 3.26. The third kappa shape index (κ3) is 6.66. The van der Waals surface area contributed by atoms with Gasteiger partial charge in [0.1, 0.15) is 0 Å². The van der Waals surface area contributed by atoms with E-state index in [1.54, 1.807) is 19.1 Å². The van der Waals surface area contributed by atoms with Gasteiger partial charge in [-0.1, -0.05) is 41.4 Å². The van der Waals surface area contributed by atoms with Crippen LogP contribution >= 0.6 is 11.6 Å². The number of nitrogens with zero attached hydrogens (tertiary/aromatic N) is 1. The van der Waals surface area contributed by atoms with Crippen LogP contribution in [0.3, 0.4) is 0 Å². The molecule has 0 bridgehead atoms. The zero-order valence-corrected chi connectivity index (χ0v) is 20.4. The lowest BCUT2D eigenvalue weighted by Crippen LogP contribution is -2.37. The number of hydrogen-bond acceptors (Lipinski definition) is 5. The summed E-state index contributed by atoms with van der Waals surface area (Å²) in [6.07, 6.45) is 0. The Hall–Kier alpha value is -3.20. The monoisotopic (exact) mass is 500 g/mol. The summed E-state index contributed by atoms with van der Waals surface area (Å²) in [5.74, 6) is -0.979. The molecule has 178 valence electrons. The lowest BCUT2D eigenvalue weighted by atomic mass is 10.1. The van der Waals surface area contributed by atoms with Crippen molar-refractivity contribution in [3.8, 4) is 0 Å². The highest BCUT2D eigenvalue weighted by molar-refractivity contribution is 7.89. The van der Waals surface area contributed by atoms with Crippen LogP contribution in [0.4, 0.5) is 5.69 Å². The van der Waals surface area contributed by atoms with Crippen LogP contribution in [0.2, 0.25) is 5.02 Å². The van der Waals surface area contributed by atoms with E-state index in [-0.39, 0.29) is 18.0 Å². The molecule has 0 saturated carbocycles. The highest BCUT2D eigenvalue weighted by Crippen LogP contribution is 2.21. The molecule has 0 aliphatic rings. The van der Waals surface area contributed by atoms with Gasteiger partial charge in [0.25, 0.3) is 0 Å². The van der Waals surface area contributed by atoms with Gasteiger partial charge in [-0.2, -0.15) is 4.31 Å². The van der Waals surface area contributed by atoms with Gasteiger partial charge in [0.15, 0.2) is 0 Å². The summed E-state index contributed by atoms with van der Waals surface area (Å²) in [6, 6.07) is 19.4. The zero-order valence-electron chi connectivity index (χ0n) is 18.8. The molecular formula is C25H25ClN2O5S. The molecule has 9 heteroatoms. The molecular weight excluding hydrogens is 476 g/mol. The van der Waals surface area contributed by atoms with E-state index in [2.05, 4.69) is 5.32 Å². The predicted molar refractivity (Wildman–Crippen MR) is 131 cm³/mol. The SMILES string of the molecule is CCOC(=O)c1ccc(NC(=O)CN(Cc2cccc(C)c2)S(=O)(=O)c2ccc(Cl)cc2)cc1. The summed E-state index contributed by atoms with van der Waals surface area (Å²) >= 11 is 5.91. The quantitative estimate of drug-likeness (QED) is 0.431. The van der Waals surface area contributed by atoms with Gasteiger partial charge in [-0.3, -0.25) is 4.79 Å². The van der Waals surface area contributed by atoms with Gasteiger partial charge in [0.2, 0.25) is 15.9 Å². The van der Waals surface area contributed by atoms with E-state index in [0.29, 0.717) is 16.3 Å². The van der Waals surface area contributed by atoms with Crippen molar-refractivity contribution in [2.24, 2.45) is 0 Å². The van der Waals surface area contributed by atoms with Gasteiger partial charge in [0, 0.05) is 17.3 Å². The first-order chi connectivity index (χ1) is 16.2. The van der Waals surface area contributed by atoms with Crippen LogP contribution in [-0.4, -0.2) is 37.8 Å². The lowest BCUT2D eigenvalue weighted by Gasteiger charge is -2.22. The maximum Gasteiger partial charge on any atom is 0.338 e. The summed E-state index contributed by atoms with van der Waals surface area (Å²) in [6.45, 7) is 3.50. The largest absolute Gasteiger partial charge is 0.462 e. The van der Waals surface area contributed by atoms with Crippen molar-refractivity contribution in [3.05, 3.63) is 94.5 Å². The van der Waals surface area contributed by atoms with E-state index in [4.69, 9.17) is 16.3 Å². The summed E-state index contributed by atoms with van der Waals surface area (Å²) < 4.78 is 32.8. The van der Waals surface area contributed by atoms with Crippen LogP contribution in [0.25, 0.3) is 0 Å². The summed E-state index contributed by atoms with van der Waals surface area (Å²) in [4.78, 5) is 24.6. The van der Waals surface area contributed by atoms with Crippen molar-refractivity contribution < 1.29 is 22.7 Å². The number of esters is 1. The van der Waals surface area contributed by atoms with E-state index < -0.39 is 28.4 Å². The number of sulfonamides is 1. The Morgan fingerprint density at radius 3 is 2.29 bits per heavy atom. The first kappa shape index (κ1) is 25.4. The van der Waals surface area contributed by atoms with Gasteiger partial charge in [0.05, 0.1) is 23.6 Å². The molecule has 3 aromatic carbocycles. The molecule has 0 fully saturated rings. The Morgan fingerprint density at radius 1 is 1.00 bits per heavy atom. The van der Waals surface area contributed by atoms with Gasteiger partial charge >= 0.3 is 5.97 Å². The Bertz CT molecular complexity index is 1260. The van der Waals surface area contributed by atoms with Crippen molar-refractivity contribution >= 4 is 39.2 Å². The number of carbonyl (C=O) groups is 2. The lowest BCUT2D eigenvalue weighted by molar-refractivity contribution is -0.116. The maximum absolute atomic E-state index is 13.4. The van der Waals surface area contributed by atoms with Crippen molar-refractivity contribution in [3.63, 3.8) is 0 Å². The molecule has 1 amide bonds. The van der Waals surface area contributed by atoms with Gasteiger partial charge < -0.3 is 10.1 Å². The van der Waals surface area contributed by atoms with Crippen molar-refractivity contribution in [1.82, 2.24) is 4.31 Å². The van der Waals surface area contributed by atoms with Crippen LogP contribution in [0, 0.1) is 6.92 Å². The summed E-state index contributed by atoms with van der Waals surface area (Å²) in [5.41, 5.74) is 2.51. The Morgan fingerprint density at radius 2 is 1.68 bits per heavy atom. The Kier molecular flexibility index (Phi) is 8.44. The van der Waals surface area contributed by atoms with E-state index in [0.717, 1.165) is 15.4 Å². The number of nitrogens with one attached hydrogen (secondary N) is 1. The minimum absolute atomic E-state index is 0.0157. The van der Waals surface area contributed by atoms with Crippen LogP contribution < -0.4 is 5.32 Å². The first-order valence-corrected chi connectivity index (χ1v) is 12.4. The maximum atomic E-state index is 13.4. The van der Waals surface area contributed by atoms with Crippen LogP contribution in [-0.2, 0) is 26.1 Å². The third-order valence-corrected chi connectivity index (χ3v) is 6.95. The average Bonchev–Trinajstić information content (AvgIpc) is 2.79. The van der Waals surface area contributed by atoms with Crippen LogP contribution in [0.15, 0.2) is 77.7 Å². The van der Waals surface area contributed by atoms with E-state index in [1.807, 2.05) is 31.2 Å². The number of anilines is 1. The van der Waals surface area contributed by atoms with Crippen molar-refractivity contribution in [2.45, 2.75) is 25.3 Å². The zero-order chi connectivity index (χ0) is 24.7. The predicted octanol–water partition coefficient (Wildman–Crippen LogP) is 4.65. The van der Waals surface area contributed by atoms with E-state index >= 15 is 0 Å². The molecule has 34 heavy (non-hydrogen) atoms. The number of rotatable bonds is 9. The molecule has 0 saturated heterocycles. The molecule has 0 aliphatic heterocycles. The van der Waals surface area contributed by atoms with Crippen LogP contribution in [0.5, 0.6) is 0 Å². The molecule has 0 unspecified atom stereocenters. The van der Waals surface area contributed by atoms with Crippen LogP contribution in [0.1, 0.15) is 28.4 Å². The number of benzene rings is 3. The Labute approximate surface area is 204 Å².